The first-order chi connectivity index (χ1) is 33.0. The highest BCUT2D eigenvalue weighted by atomic mass is 35.5. The number of halogens is 8. The van der Waals surface area contributed by atoms with Gasteiger partial charge in [0.1, 0.15) is 11.2 Å². The molecule has 1 aliphatic rings. The van der Waals surface area contributed by atoms with Gasteiger partial charge in [0.2, 0.25) is 4.52 Å². The summed E-state index contributed by atoms with van der Waals surface area (Å²) in [7, 11) is 0. The van der Waals surface area contributed by atoms with Gasteiger partial charge in [0.25, 0.3) is 0 Å². The Morgan fingerprint density at radius 2 is 1.18 bits per heavy atom. The van der Waals surface area contributed by atoms with E-state index in [1.54, 1.807) is 0 Å². The standard InChI is InChI=1S/C59H82Cl8O4/c1-17-24-26-38(8)57(20-4,21-5)70-53-48(62)34-43(35-49(53)63)54(12,13)42(19-3)30-31-59(66,67)69-41(11)29-28-39(9)58(22-6,23-7)71-56(16)50(64)36-45(37-51(56)65)55(14,15)44-32-46(60)52(47(61)33-44)68-40(10)27-25-18-2/h17-19,30,32-41,50H,1-3,20-29,31H2,4-16H3/b42-30+. The van der Waals surface area contributed by atoms with E-state index in [1.807, 2.05) is 81.5 Å². The van der Waals surface area contributed by atoms with Crippen LogP contribution in [0.3, 0.4) is 0 Å². The number of benzene rings is 2. The highest BCUT2D eigenvalue weighted by Gasteiger charge is 2.48. The fourth-order valence-corrected chi connectivity index (χ4v) is 12.1. The maximum Gasteiger partial charge on any atom is 0.221 e. The average molecular weight is 1140 g/mol. The maximum atomic E-state index is 7.33. The van der Waals surface area contributed by atoms with E-state index in [4.69, 9.17) is 112 Å². The summed E-state index contributed by atoms with van der Waals surface area (Å²) in [5, 5.41) is 1.72. The van der Waals surface area contributed by atoms with Crippen LogP contribution in [-0.4, -0.2) is 38.9 Å². The van der Waals surface area contributed by atoms with Crippen LogP contribution >= 0.6 is 92.8 Å². The zero-order chi connectivity index (χ0) is 53.9. The fourth-order valence-electron chi connectivity index (χ4n) is 9.88. The van der Waals surface area contributed by atoms with Crippen LogP contribution in [-0.2, 0) is 20.3 Å². The molecule has 0 saturated heterocycles. The van der Waals surface area contributed by atoms with E-state index in [1.165, 1.54) is 0 Å². The lowest BCUT2D eigenvalue weighted by Crippen LogP contribution is -2.52. The molecule has 398 valence electrons. The van der Waals surface area contributed by atoms with Crippen LogP contribution in [0.2, 0.25) is 20.1 Å². The smallest absolute Gasteiger partial charge is 0.221 e. The monoisotopic (exact) mass is 1130 g/mol. The Hall–Kier alpha value is -1.28. The summed E-state index contributed by atoms with van der Waals surface area (Å²) in [5.74, 6) is 1.32. The van der Waals surface area contributed by atoms with Crippen molar-refractivity contribution in [2.75, 3.05) is 0 Å². The zero-order valence-corrected chi connectivity index (χ0v) is 50.8. The highest BCUT2D eigenvalue weighted by molar-refractivity contribution is 6.47. The van der Waals surface area contributed by atoms with Gasteiger partial charge in [-0.1, -0.05) is 187 Å². The Kier molecular flexibility index (Phi) is 24.5. The van der Waals surface area contributed by atoms with Crippen LogP contribution in [0.5, 0.6) is 11.5 Å². The third-order valence-electron chi connectivity index (χ3n) is 15.5. The lowest BCUT2D eigenvalue weighted by molar-refractivity contribution is -0.159. The molecule has 0 N–H and O–H groups in total. The molecular formula is C59H82Cl8O4. The van der Waals surface area contributed by atoms with Gasteiger partial charge in [-0.25, -0.2) is 0 Å². The van der Waals surface area contributed by atoms with Crippen LogP contribution in [0.25, 0.3) is 0 Å². The largest absolute Gasteiger partial charge is 0.488 e. The molecule has 2 aromatic rings. The Labute approximate surface area is 469 Å². The highest BCUT2D eigenvalue weighted by Crippen LogP contribution is 2.50. The molecule has 0 bridgehead atoms. The fraction of sp³-hybridized carbons (Fsp3) is 0.593. The van der Waals surface area contributed by atoms with Crippen LogP contribution in [0.4, 0.5) is 0 Å². The summed E-state index contributed by atoms with van der Waals surface area (Å²) in [6.07, 6.45) is 19.5. The summed E-state index contributed by atoms with van der Waals surface area (Å²) < 4.78 is 24.9. The molecule has 0 aromatic heterocycles. The molecule has 0 fully saturated rings. The minimum Gasteiger partial charge on any atom is -0.488 e. The number of alkyl halides is 3. The Bertz CT molecular complexity index is 2170. The van der Waals surface area contributed by atoms with E-state index in [9.17, 15) is 0 Å². The molecule has 0 saturated carbocycles. The van der Waals surface area contributed by atoms with Gasteiger partial charge in [0, 0.05) is 17.3 Å². The molecule has 0 spiro atoms. The number of rotatable bonds is 30. The first kappa shape index (κ1) is 64.0. The second-order valence-corrected chi connectivity index (χ2v) is 24.8. The van der Waals surface area contributed by atoms with Crippen LogP contribution in [0.15, 0.2) is 96.6 Å². The van der Waals surface area contributed by atoms with Crippen molar-refractivity contribution in [3.8, 4) is 11.5 Å². The first-order valence-electron chi connectivity index (χ1n) is 25.4. The number of hydrogen-bond donors (Lipinski definition) is 0. The van der Waals surface area contributed by atoms with E-state index in [0.29, 0.717) is 43.0 Å². The molecule has 0 radical (unpaired) electrons. The van der Waals surface area contributed by atoms with E-state index < -0.39 is 37.5 Å². The molecule has 4 nitrogen and oxygen atoms in total. The quantitative estimate of drug-likeness (QED) is 0.0444. The number of ether oxygens (including phenoxy) is 4. The molecule has 12 heteroatoms. The van der Waals surface area contributed by atoms with Crippen LogP contribution in [0.1, 0.15) is 172 Å². The van der Waals surface area contributed by atoms with Crippen LogP contribution in [0, 0.1) is 11.8 Å². The third kappa shape index (κ3) is 15.7. The van der Waals surface area contributed by atoms with Crippen molar-refractivity contribution >= 4 is 92.8 Å². The average Bonchev–Trinajstić information content (AvgIpc) is 3.31. The van der Waals surface area contributed by atoms with Gasteiger partial charge in [-0.05, 0) is 149 Å². The maximum absolute atomic E-state index is 7.33. The predicted octanol–water partition coefficient (Wildman–Crippen LogP) is 21.3. The summed E-state index contributed by atoms with van der Waals surface area (Å²) >= 11 is 56.1. The van der Waals surface area contributed by atoms with Crippen LogP contribution < -0.4 is 9.47 Å². The van der Waals surface area contributed by atoms with E-state index in [-0.39, 0.29) is 30.5 Å². The molecule has 0 amide bonds. The molecule has 71 heavy (non-hydrogen) atoms. The van der Waals surface area contributed by atoms with Crippen molar-refractivity contribution in [3.63, 3.8) is 0 Å². The van der Waals surface area contributed by atoms with Gasteiger partial charge in [0.15, 0.2) is 11.5 Å². The van der Waals surface area contributed by atoms with Crippen molar-refractivity contribution in [2.24, 2.45) is 11.8 Å². The molecule has 6 atom stereocenters. The number of hydrogen-bond acceptors (Lipinski definition) is 4. The van der Waals surface area contributed by atoms with Gasteiger partial charge >= 0.3 is 0 Å². The Morgan fingerprint density at radius 3 is 1.68 bits per heavy atom. The van der Waals surface area contributed by atoms with Gasteiger partial charge in [-0.15, -0.1) is 24.8 Å². The molecule has 0 aliphatic heterocycles. The second-order valence-electron chi connectivity index (χ2n) is 20.8. The Balaban J connectivity index is 1.75. The lowest BCUT2D eigenvalue weighted by atomic mass is 9.73. The molecule has 6 unspecified atom stereocenters. The van der Waals surface area contributed by atoms with E-state index in [0.717, 1.165) is 80.1 Å². The topological polar surface area (TPSA) is 36.9 Å². The first-order valence-corrected chi connectivity index (χ1v) is 28.5. The normalized spacial score (nSPS) is 19.1. The van der Waals surface area contributed by atoms with Gasteiger partial charge in [-0.2, -0.15) is 0 Å². The summed E-state index contributed by atoms with van der Waals surface area (Å²) in [6.45, 7) is 39.2. The number of allylic oxidation sites excluding steroid dienone is 6. The predicted molar refractivity (Wildman–Crippen MR) is 312 cm³/mol. The van der Waals surface area contributed by atoms with Crippen molar-refractivity contribution < 1.29 is 18.9 Å². The lowest BCUT2D eigenvalue weighted by Gasteiger charge is -2.48. The third-order valence-corrected chi connectivity index (χ3v) is 18.1. The minimum atomic E-state index is -1.51. The van der Waals surface area contributed by atoms with Gasteiger partial charge < -0.3 is 18.9 Å². The van der Waals surface area contributed by atoms with Crippen molar-refractivity contribution in [1.82, 2.24) is 0 Å². The van der Waals surface area contributed by atoms with E-state index in [2.05, 4.69) is 89.0 Å². The summed E-state index contributed by atoms with van der Waals surface area (Å²) in [5.41, 5.74) is 0.508. The van der Waals surface area contributed by atoms with Crippen molar-refractivity contribution in [3.05, 3.63) is 128 Å². The molecule has 0 heterocycles. The zero-order valence-electron chi connectivity index (χ0n) is 44.7. The van der Waals surface area contributed by atoms with Crippen molar-refractivity contribution in [2.45, 2.75) is 210 Å². The SMILES string of the molecule is C=CCCC(C)Oc1c(Cl)cc(C(C)(C)C2=CC(Cl)C(C)(OC(CC)(CC)C(C)CCC(C)OC(Cl)(Cl)C/C=C(\C=C)C(C)(C)c3cc(Cl)c(OC(CC)(CC)C(C)CCC=C)c(Cl)c3)C(Cl)=C2)cc1Cl. The van der Waals surface area contributed by atoms with Gasteiger partial charge in [-0.3, -0.25) is 0 Å². The van der Waals surface area contributed by atoms with Crippen molar-refractivity contribution in [1.29, 1.82) is 0 Å². The second kappa shape index (κ2) is 27.2. The molecular weight excluding hydrogens is 1060 g/mol. The summed E-state index contributed by atoms with van der Waals surface area (Å²) in [4.78, 5) is 0. The minimum absolute atomic E-state index is 0.0782. The molecule has 3 rings (SSSR count). The Morgan fingerprint density at radius 1 is 0.690 bits per heavy atom. The van der Waals surface area contributed by atoms with E-state index >= 15 is 0 Å². The van der Waals surface area contributed by atoms with Gasteiger partial charge in [0.05, 0.1) is 48.3 Å². The summed E-state index contributed by atoms with van der Waals surface area (Å²) in [6, 6.07) is 7.66. The molecule has 1 aliphatic carbocycles. The molecule has 2 aromatic carbocycles.